The third-order valence-electron chi connectivity index (χ3n) is 2.70. The van der Waals surface area contributed by atoms with Gasteiger partial charge >= 0.3 is 0 Å². The predicted molar refractivity (Wildman–Crippen MR) is 74.5 cm³/mol. The Morgan fingerprint density at radius 2 is 1.71 bits per heavy atom. The van der Waals surface area contributed by atoms with Crippen LogP contribution in [0, 0.1) is 0 Å². The van der Waals surface area contributed by atoms with Crippen LogP contribution >= 0.6 is 0 Å². The van der Waals surface area contributed by atoms with Crippen LogP contribution < -0.4 is 0 Å². The van der Waals surface area contributed by atoms with Gasteiger partial charge in [-0.05, 0) is 23.3 Å². The van der Waals surface area contributed by atoms with Crippen LogP contribution in [-0.2, 0) is 0 Å². The first-order valence-corrected chi connectivity index (χ1v) is 5.60. The third kappa shape index (κ3) is 2.51. The van der Waals surface area contributed by atoms with Crippen LogP contribution in [0.25, 0.3) is 11.1 Å². The van der Waals surface area contributed by atoms with Crippen LogP contribution in [0.5, 0.6) is 0 Å². The molecule has 0 amide bonds. The number of allylic oxidation sites excluding steroid dienone is 1. The molecule has 0 fully saturated rings. The van der Waals surface area contributed by atoms with E-state index in [0.717, 1.165) is 11.3 Å². The summed E-state index contributed by atoms with van der Waals surface area (Å²) < 4.78 is 0. The number of hydrogen-bond acceptors (Lipinski definition) is 1. The van der Waals surface area contributed by atoms with Gasteiger partial charge in [0, 0.05) is 12.6 Å². The SMILES string of the molecule is C=CC(=NC)c1cccc(-c2ccccc2)c1. The smallest absolute Gasteiger partial charge is 0.0637 e. The molecule has 0 atom stereocenters. The van der Waals surface area contributed by atoms with Crippen molar-refractivity contribution in [2.45, 2.75) is 0 Å². The van der Waals surface area contributed by atoms with E-state index in [1.54, 1.807) is 13.1 Å². The zero-order valence-corrected chi connectivity index (χ0v) is 9.93. The highest BCUT2D eigenvalue weighted by molar-refractivity contribution is 6.08. The molecular formula is C16H15N. The Kier molecular flexibility index (Phi) is 3.51. The van der Waals surface area contributed by atoms with Gasteiger partial charge in [0.05, 0.1) is 5.71 Å². The Labute approximate surface area is 102 Å². The van der Waals surface area contributed by atoms with E-state index in [9.17, 15) is 0 Å². The minimum Gasteiger partial charge on any atom is -0.288 e. The average molecular weight is 221 g/mol. The summed E-state index contributed by atoms with van der Waals surface area (Å²) in [5.74, 6) is 0. The minimum atomic E-state index is 0.919. The van der Waals surface area contributed by atoms with Crippen molar-refractivity contribution in [3.05, 3.63) is 72.8 Å². The lowest BCUT2D eigenvalue weighted by Crippen LogP contribution is -1.95. The maximum Gasteiger partial charge on any atom is 0.0637 e. The van der Waals surface area contributed by atoms with E-state index in [2.05, 4.69) is 41.9 Å². The van der Waals surface area contributed by atoms with Crippen LogP contribution in [0.15, 0.2) is 72.2 Å². The highest BCUT2D eigenvalue weighted by atomic mass is 14.7. The summed E-state index contributed by atoms with van der Waals surface area (Å²) >= 11 is 0. The van der Waals surface area contributed by atoms with Crippen molar-refractivity contribution >= 4 is 5.71 Å². The van der Waals surface area contributed by atoms with Gasteiger partial charge in [0.2, 0.25) is 0 Å². The van der Waals surface area contributed by atoms with E-state index in [1.165, 1.54) is 11.1 Å². The summed E-state index contributed by atoms with van der Waals surface area (Å²) in [5.41, 5.74) is 4.44. The summed E-state index contributed by atoms with van der Waals surface area (Å²) in [4.78, 5) is 4.21. The monoisotopic (exact) mass is 221 g/mol. The van der Waals surface area contributed by atoms with E-state index >= 15 is 0 Å². The molecule has 1 heteroatoms. The molecule has 0 aliphatic rings. The maximum atomic E-state index is 4.21. The molecule has 0 aromatic heterocycles. The second-order valence-electron chi connectivity index (χ2n) is 3.76. The molecule has 0 N–H and O–H groups in total. The van der Waals surface area contributed by atoms with Gasteiger partial charge in [-0.1, -0.05) is 55.1 Å². The average Bonchev–Trinajstić information content (AvgIpc) is 2.42. The van der Waals surface area contributed by atoms with Crippen LogP contribution in [0.3, 0.4) is 0 Å². The van der Waals surface area contributed by atoms with Crippen molar-refractivity contribution in [1.82, 2.24) is 0 Å². The van der Waals surface area contributed by atoms with Crippen LogP contribution in [0.2, 0.25) is 0 Å². The number of benzene rings is 2. The molecule has 0 heterocycles. The minimum absolute atomic E-state index is 0.919. The Hall–Kier alpha value is -2.15. The van der Waals surface area contributed by atoms with E-state index in [0.29, 0.717) is 0 Å². The molecule has 0 spiro atoms. The van der Waals surface area contributed by atoms with Crippen LogP contribution in [-0.4, -0.2) is 12.8 Å². The second kappa shape index (κ2) is 5.26. The van der Waals surface area contributed by atoms with E-state index < -0.39 is 0 Å². The molecule has 17 heavy (non-hydrogen) atoms. The largest absolute Gasteiger partial charge is 0.288 e. The predicted octanol–water partition coefficient (Wildman–Crippen LogP) is 3.96. The number of hydrogen-bond donors (Lipinski definition) is 0. The van der Waals surface area contributed by atoms with Gasteiger partial charge in [-0.15, -0.1) is 0 Å². The highest BCUT2D eigenvalue weighted by Crippen LogP contribution is 2.20. The van der Waals surface area contributed by atoms with E-state index in [-0.39, 0.29) is 0 Å². The molecule has 2 rings (SSSR count). The van der Waals surface area contributed by atoms with Crippen molar-refractivity contribution in [2.75, 3.05) is 7.05 Å². The van der Waals surface area contributed by atoms with Crippen molar-refractivity contribution in [3.63, 3.8) is 0 Å². The second-order valence-corrected chi connectivity index (χ2v) is 3.76. The molecule has 0 aliphatic carbocycles. The molecule has 0 aliphatic heterocycles. The van der Waals surface area contributed by atoms with Crippen molar-refractivity contribution in [3.8, 4) is 11.1 Å². The molecule has 0 bridgehead atoms. The first-order chi connectivity index (χ1) is 8.35. The molecule has 0 saturated carbocycles. The van der Waals surface area contributed by atoms with Crippen molar-refractivity contribution in [1.29, 1.82) is 0 Å². The molecule has 0 saturated heterocycles. The van der Waals surface area contributed by atoms with Gasteiger partial charge in [-0.3, -0.25) is 4.99 Å². The van der Waals surface area contributed by atoms with Crippen LogP contribution in [0.1, 0.15) is 5.56 Å². The lowest BCUT2D eigenvalue weighted by molar-refractivity contribution is 1.43. The van der Waals surface area contributed by atoms with Gasteiger partial charge in [0.1, 0.15) is 0 Å². The Morgan fingerprint density at radius 1 is 1.00 bits per heavy atom. The Morgan fingerprint density at radius 3 is 2.35 bits per heavy atom. The van der Waals surface area contributed by atoms with Gasteiger partial charge in [-0.2, -0.15) is 0 Å². The fraction of sp³-hybridized carbons (Fsp3) is 0.0625. The van der Waals surface area contributed by atoms with Gasteiger partial charge < -0.3 is 0 Å². The third-order valence-corrected chi connectivity index (χ3v) is 2.70. The standard InChI is InChI=1S/C16H15N/c1-3-16(17-2)15-11-7-10-14(12-15)13-8-5-4-6-9-13/h3-12H,1H2,2H3. The zero-order chi connectivity index (χ0) is 12.1. The van der Waals surface area contributed by atoms with Gasteiger partial charge in [0.25, 0.3) is 0 Å². The Bertz CT molecular complexity index is 538. The maximum absolute atomic E-state index is 4.21. The Balaban J connectivity index is 2.45. The van der Waals surface area contributed by atoms with Gasteiger partial charge in [-0.25, -0.2) is 0 Å². The molecule has 2 aromatic rings. The first kappa shape index (κ1) is 11.3. The summed E-state index contributed by atoms with van der Waals surface area (Å²) in [6.45, 7) is 3.78. The summed E-state index contributed by atoms with van der Waals surface area (Å²) in [6.07, 6.45) is 1.78. The van der Waals surface area contributed by atoms with Crippen molar-refractivity contribution < 1.29 is 0 Å². The van der Waals surface area contributed by atoms with Crippen LogP contribution in [0.4, 0.5) is 0 Å². The zero-order valence-electron chi connectivity index (χ0n) is 9.93. The quantitative estimate of drug-likeness (QED) is 0.696. The molecule has 0 radical (unpaired) electrons. The molecule has 84 valence electrons. The fourth-order valence-corrected chi connectivity index (χ4v) is 1.83. The molecule has 2 aromatic carbocycles. The van der Waals surface area contributed by atoms with Crippen molar-refractivity contribution in [2.24, 2.45) is 4.99 Å². The number of nitrogens with zero attached hydrogens (tertiary/aromatic N) is 1. The van der Waals surface area contributed by atoms with E-state index in [1.807, 2.05) is 24.3 Å². The first-order valence-electron chi connectivity index (χ1n) is 5.60. The fourth-order valence-electron chi connectivity index (χ4n) is 1.83. The number of aliphatic imine (C=N–C) groups is 1. The highest BCUT2D eigenvalue weighted by Gasteiger charge is 2.01. The number of rotatable bonds is 3. The molecular weight excluding hydrogens is 206 g/mol. The summed E-state index contributed by atoms with van der Waals surface area (Å²) in [6, 6.07) is 18.7. The lowest BCUT2D eigenvalue weighted by Gasteiger charge is -2.05. The summed E-state index contributed by atoms with van der Waals surface area (Å²) in [7, 11) is 1.78. The lowest BCUT2D eigenvalue weighted by atomic mass is 10.0. The topological polar surface area (TPSA) is 12.4 Å². The van der Waals surface area contributed by atoms with E-state index in [4.69, 9.17) is 0 Å². The summed E-state index contributed by atoms with van der Waals surface area (Å²) in [5, 5.41) is 0. The van der Waals surface area contributed by atoms with Gasteiger partial charge in [0.15, 0.2) is 0 Å². The molecule has 0 unspecified atom stereocenters. The normalized spacial score (nSPS) is 11.2. The molecule has 1 nitrogen and oxygen atoms in total.